The lowest BCUT2D eigenvalue weighted by Gasteiger charge is -2.32. The zero-order chi connectivity index (χ0) is 22.6. The van der Waals surface area contributed by atoms with E-state index in [1.807, 2.05) is 26.0 Å². The summed E-state index contributed by atoms with van der Waals surface area (Å²) in [5, 5.41) is 6.57. The van der Waals surface area contributed by atoms with Crippen molar-refractivity contribution in [3.05, 3.63) is 18.5 Å². The smallest absolute Gasteiger partial charge is 0.162 e. The number of nitrogens with one attached hydrogen (secondary N) is 1. The van der Waals surface area contributed by atoms with Gasteiger partial charge in [0.25, 0.3) is 0 Å². The second kappa shape index (κ2) is 13.6. The molecule has 0 bridgehead atoms. The molecule has 1 fully saturated rings. The first-order chi connectivity index (χ1) is 15.2. The molecule has 1 unspecified atom stereocenters. The van der Waals surface area contributed by atoms with Crippen LogP contribution in [0.2, 0.25) is 0 Å². The van der Waals surface area contributed by atoms with Gasteiger partial charge in [-0.25, -0.2) is 9.97 Å². The Morgan fingerprint density at radius 2 is 1.77 bits per heavy atom. The number of anilines is 1. The maximum Gasteiger partial charge on any atom is 0.162 e. The first kappa shape index (κ1) is 25.5. The summed E-state index contributed by atoms with van der Waals surface area (Å²) in [6.45, 7) is 9.29. The van der Waals surface area contributed by atoms with Crippen LogP contribution in [0.15, 0.2) is 18.5 Å². The Kier molecular flexibility index (Phi) is 11.2. The summed E-state index contributed by atoms with van der Waals surface area (Å²) in [4.78, 5) is 11.5. The third kappa shape index (κ3) is 6.60. The van der Waals surface area contributed by atoms with Crippen molar-refractivity contribution in [1.29, 1.82) is 0 Å². The van der Waals surface area contributed by atoms with Crippen molar-refractivity contribution < 1.29 is 9.47 Å². The Balaban J connectivity index is 0.00000166. The molecule has 1 saturated heterocycles. The van der Waals surface area contributed by atoms with Crippen LogP contribution in [-0.4, -0.2) is 43.8 Å². The molecule has 0 spiro atoms. The summed E-state index contributed by atoms with van der Waals surface area (Å²) in [5.74, 6) is 3.83. The van der Waals surface area contributed by atoms with Gasteiger partial charge in [0.1, 0.15) is 12.1 Å². The number of ether oxygens (including phenoxy) is 2. The first-order valence-electron chi connectivity index (χ1n) is 11.4. The zero-order valence-electron chi connectivity index (χ0n) is 19.7. The van der Waals surface area contributed by atoms with Gasteiger partial charge in [0.15, 0.2) is 11.5 Å². The summed E-state index contributed by atoms with van der Waals surface area (Å²) in [5.41, 5.74) is 0.879. The molecule has 1 aliphatic heterocycles. The van der Waals surface area contributed by atoms with E-state index in [4.69, 9.17) is 14.6 Å². The van der Waals surface area contributed by atoms with Crippen LogP contribution in [0, 0.1) is 11.8 Å². The number of hydrogen-bond donors (Lipinski definition) is 2. The first-order valence-corrected chi connectivity index (χ1v) is 12.3. The highest BCUT2D eigenvalue weighted by Crippen LogP contribution is 2.36. The fraction of sp³-hybridized carbons (Fsp3) is 0.652. The van der Waals surface area contributed by atoms with Gasteiger partial charge in [0.05, 0.1) is 19.7 Å². The van der Waals surface area contributed by atoms with Gasteiger partial charge in [-0.2, -0.15) is 0 Å². The monoisotopic (exact) mass is 449 g/mol. The van der Waals surface area contributed by atoms with E-state index in [0.717, 1.165) is 55.1 Å². The van der Waals surface area contributed by atoms with E-state index in [-0.39, 0.29) is 0 Å². The van der Waals surface area contributed by atoms with Gasteiger partial charge in [-0.05, 0) is 43.6 Å². The lowest BCUT2D eigenvalue weighted by atomic mass is 9.82. The van der Waals surface area contributed by atoms with Crippen molar-refractivity contribution in [3.8, 4) is 11.5 Å². The van der Waals surface area contributed by atoms with Crippen molar-refractivity contribution in [3.63, 3.8) is 0 Å². The van der Waals surface area contributed by atoms with Crippen LogP contribution in [-0.2, 0) is 0 Å². The number of methoxy groups -OCH3 is 2. The second-order valence-corrected chi connectivity index (χ2v) is 8.11. The molecule has 31 heavy (non-hydrogen) atoms. The molecular formula is C23H39N5O2S. The molecule has 2 heterocycles. The van der Waals surface area contributed by atoms with E-state index < -0.39 is 0 Å². The fourth-order valence-corrected chi connectivity index (χ4v) is 4.76. The molecule has 0 saturated carbocycles. The molecule has 0 amide bonds. The Hall–Kier alpha value is -1.77. The van der Waals surface area contributed by atoms with Crippen LogP contribution in [0.3, 0.4) is 0 Å². The van der Waals surface area contributed by atoms with E-state index in [1.165, 1.54) is 31.4 Å². The van der Waals surface area contributed by atoms with Crippen LogP contribution in [0.1, 0.15) is 52.9 Å². The number of benzene rings is 1. The molecule has 1 aliphatic rings. The van der Waals surface area contributed by atoms with E-state index in [0.29, 0.717) is 17.4 Å². The minimum absolute atomic E-state index is 0.689. The lowest BCUT2D eigenvalue weighted by molar-refractivity contribution is 0.270. The number of nitrogens with zero attached hydrogens (tertiary/aromatic N) is 3. The van der Waals surface area contributed by atoms with Crippen molar-refractivity contribution in [2.24, 2.45) is 17.0 Å². The summed E-state index contributed by atoms with van der Waals surface area (Å²) < 4.78 is 14.2. The Morgan fingerprint density at radius 1 is 1.13 bits per heavy atom. The molecule has 7 nitrogen and oxygen atoms in total. The predicted octanol–water partition coefficient (Wildman–Crippen LogP) is 4.81. The van der Waals surface area contributed by atoms with Crippen molar-refractivity contribution in [1.82, 2.24) is 14.7 Å². The molecule has 1 atom stereocenters. The number of aromatic nitrogens is 2. The maximum atomic E-state index is 5.55. The zero-order valence-corrected chi connectivity index (χ0v) is 20.5. The van der Waals surface area contributed by atoms with E-state index in [1.54, 1.807) is 20.5 Å². The minimum atomic E-state index is 0.689. The number of rotatable bonds is 8. The molecular weight excluding hydrogens is 410 g/mol. The molecule has 8 heteroatoms. The second-order valence-electron chi connectivity index (χ2n) is 7.59. The largest absolute Gasteiger partial charge is 0.493 e. The number of nitrogens with two attached hydrogens (primary N) is 1. The van der Waals surface area contributed by atoms with Crippen molar-refractivity contribution in [2.45, 2.75) is 52.9 Å². The average Bonchev–Trinajstić information content (AvgIpc) is 2.80. The van der Waals surface area contributed by atoms with E-state index >= 15 is 0 Å². The predicted molar refractivity (Wildman–Crippen MR) is 132 cm³/mol. The van der Waals surface area contributed by atoms with E-state index in [9.17, 15) is 0 Å². The SMILES string of the molecule is CC.CCC(CNSN)C1CCCN(c2ncnc3cc(OC)c(OC)cc23)CCC1. The van der Waals surface area contributed by atoms with E-state index in [2.05, 4.69) is 26.5 Å². The van der Waals surface area contributed by atoms with Crippen LogP contribution >= 0.6 is 12.1 Å². The molecule has 2 aromatic rings. The van der Waals surface area contributed by atoms with Gasteiger partial charge in [-0.3, -0.25) is 9.86 Å². The Morgan fingerprint density at radius 3 is 2.35 bits per heavy atom. The topological polar surface area (TPSA) is 85.5 Å². The van der Waals surface area contributed by atoms with Gasteiger partial charge in [0.2, 0.25) is 0 Å². The van der Waals surface area contributed by atoms with Crippen molar-refractivity contribution in [2.75, 3.05) is 38.8 Å². The molecule has 1 aromatic carbocycles. The third-order valence-corrected chi connectivity index (χ3v) is 6.38. The van der Waals surface area contributed by atoms with Crippen LogP contribution in [0.5, 0.6) is 11.5 Å². The molecule has 1 aromatic heterocycles. The van der Waals surface area contributed by atoms with Gasteiger partial charge in [-0.1, -0.05) is 27.2 Å². The standard InChI is InChI=1S/C21H33N5O2S.C2H6/c1-4-15(13-25-29-22)16-7-5-9-26(10-6-8-16)21-17-11-19(27-2)20(28-3)12-18(17)23-14-24-21;1-2/h11-12,14-16,25H,4-10,13,22H2,1-3H3;1-2H3. The van der Waals surface area contributed by atoms with Crippen LogP contribution in [0.4, 0.5) is 5.82 Å². The fourth-order valence-electron chi connectivity index (χ4n) is 4.45. The summed E-state index contributed by atoms with van der Waals surface area (Å²) in [7, 11) is 3.30. The highest BCUT2D eigenvalue weighted by molar-refractivity contribution is 7.95. The summed E-state index contributed by atoms with van der Waals surface area (Å²) >= 11 is 1.23. The molecule has 174 valence electrons. The molecule has 3 rings (SSSR count). The van der Waals surface area contributed by atoms with Gasteiger partial charge < -0.3 is 14.4 Å². The van der Waals surface area contributed by atoms with Gasteiger partial charge >= 0.3 is 0 Å². The molecule has 0 radical (unpaired) electrons. The van der Waals surface area contributed by atoms with Gasteiger partial charge in [-0.15, -0.1) is 0 Å². The number of fused-ring (bicyclic) bond motifs is 1. The Bertz CT molecular complexity index is 782. The third-order valence-electron chi connectivity index (χ3n) is 6.04. The number of hydrogen-bond acceptors (Lipinski definition) is 8. The minimum Gasteiger partial charge on any atom is -0.493 e. The normalized spacial score (nSPS) is 16.1. The summed E-state index contributed by atoms with van der Waals surface area (Å²) in [6.07, 6.45) is 7.65. The lowest BCUT2D eigenvalue weighted by Crippen LogP contribution is -2.32. The maximum absolute atomic E-state index is 5.55. The summed E-state index contributed by atoms with van der Waals surface area (Å²) in [6, 6.07) is 3.92. The molecule has 0 aliphatic carbocycles. The highest BCUT2D eigenvalue weighted by Gasteiger charge is 2.23. The highest BCUT2D eigenvalue weighted by atomic mass is 32.2. The van der Waals surface area contributed by atoms with Crippen LogP contribution < -0.4 is 24.2 Å². The van der Waals surface area contributed by atoms with Gasteiger partial charge in [0, 0.05) is 43.2 Å². The quantitative estimate of drug-likeness (QED) is 0.556. The Labute approximate surface area is 191 Å². The van der Waals surface area contributed by atoms with Crippen LogP contribution in [0.25, 0.3) is 10.9 Å². The average molecular weight is 450 g/mol. The molecule has 3 N–H and O–H groups in total. The van der Waals surface area contributed by atoms with Crippen molar-refractivity contribution >= 4 is 28.9 Å².